The number of hydrogen-bond acceptors (Lipinski definition) is 3. The van der Waals surface area contributed by atoms with Crippen LogP contribution in [0, 0.1) is 31.1 Å². The number of amides is 1. The Labute approximate surface area is 118 Å². The van der Waals surface area contributed by atoms with Gasteiger partial charge >= 0.3 is 5.97 Å². The van der Waals surface area contributed by atoms with Crippen molar-refractivity contribution < 1.29 is 14.7 Å². The van der Waals surface area contributed by atoms with Crippen LogP contribution in [-0.2, 0) is 23.2 Å². The van der Waals surface area contributed by atoms with E-state index in [1.54, 1.807) is 4.68 Å². The molecule has 20 heavy (non-hydrogen) atoms. The van der Waals surface area contributed by atoms with Crippen LogP contribution in [-0.4, -0.2) is 26.8 Å². The monoisotopic (exact) mass is 279 g/mol. The summed E-state index contributed by atoms with van der Waals surface area (Å²) in [7, 11) is 1.86. The molecule has 0 aromatic carbocycles. The molecule has 1 heterocycles. The number of carboxylic acids is 1. The van der Waals surface area contributed by atoms with Crippen LogP contribution in [0.3, 0.4) is 0 Å². The van der Waals surface area contributed by atoms with E-state index >= 15 is 0 Å². The van der Waals surface area contributed by atoms with E-state index in [9.17, 15) is 9.59 Å². The van der Waals surface area contributed by atoms with Crippen molar-refractivity contribution in [2.45, 2.75) is 34.2 Å². The number of carboxylic acid groups (broad SMARTS) is 1. The maximum atomic E-state index is 12.1. The average molecular weight is 279 g/mol. The number of aromatic nitrogens is 2. The summed E-state index contributed by atoms with van der Waals surface area (Å²) in [5.41, 5.74) is 2.42. The van der Waals surface area contributed by atoms with Crippen LogP contribution < -0.4 is 5.32 Å². The lowest BCUT2D eigenvalue weighted by Crippen LogP contribution is -2.27. The van der Waals surface area contributed by atoms with Crippen molar-refractivity contribution in [3.05, 3.63) is 17.0 Å². The number of aryl methyl sites for hydroxylation is 2. The number of carbonyl (C=O) groups excluding carboxylic acids is 1. The first-order valence-corrected chi connectivity index (χ1v) is 6.67. The second-order valence-corrected chi connectivity index (χ2v) is 6.11. The van der Waals surface area contributed by atoms with Gasteiger partial charge in [-0.05, 0) is 19.3 Å². The number of carbonyl (C=O) groups is 2. The maximum Gasteiger partial charge on any atom is 0.307 e. The Morgan fingerprint density at radius 2 is 1.95 bits per heavy atom. The van der Waals surface area contributed by atoms with E-state index in [0.717, 1.165) is 17.0 Å². The minimum atomic E-state index is -0.899. The second-order valence-electron chi connectivity index (χ2n) is 6.11. The third-order valence-corrected chi connectivity index (χ3v) is 4.47. The van der Waals surface area contributed by atoms with Crippen LogP contribution in [0.2, 0.25) is 0 Å². The lowest BCUT2D eigenvalue weighted by molar-refractivity contribution is -0.140. The standard InChI is InChI=1S/C14H21N3O3/c1-7-9(8(2)17(5)16-7)6-15-12(18)10-11(13(19)20)14(10,3)4/h10-11H,6H2,1-5H3,(H,15,18)(H,19,20)/t10-,11-/m1/s1. The minimum absolute atomic E-state index is 0.190. The third kappa shape index (κ3) is 2.19. The predicted octanol–water partition coefficient (Wildman–Crippen LogP) is 1.01. The van der Waals surface area contributed by atoms with Crippen molar-refractivity contribution in [3.8, 4) is 0 Å². The third-order valence-electron chi connectivity index (χ3n) is 4.47. The fraction of sp³-hybridized carbons (Fsp3) is 0.643. The van der Waals surface area contributed by atoms with Gasteiger partial charge in [0.2, 0.25) is 5.91 Å². The van der Waals surface area contributed by atoms with Crippen molar-refractivity contribution in [1.29, 1.82) is 0 Å². The Kier molecular flexibility index (Phi) is 3.36. The quantitative estimate of drug-likeness (QED) is 0.861. The van der Waals surface area contributed by atoms with Crippen molar-refractivity contribution in [2.75, 3.05) is 0 Å². The summed E-state index contributed by atoms with van der Waals surface area (Å²) < 4.78 is 1.78. The summed E-state index contributed by atoms with van der Waals surface area (Å²) in [6, 6.07) is 0. The van der Waals surface area contributed by atoms with Gasteiger partial charge in [0.05, 0.1) is 17.5 Å². The fourth-order valence-corrected chi connectivity index (χ4v) is 2.95. The molecule has 0 bridgehead atoms. The molecule has 1 aliphatic rings. The Balaban J connectivity index is 2.02. The number of nitrogens with zero attached hydrogens (tertiary/aromatic N) is 2. The highest BCUT2D eigenvalue weighted by Crippen LogP contribution is 2.58. The van der Waals surface area contributed by atoms with Crippen molar-refractivity contribution >= 4 is 11.9 Å². The van der Waals surface area contributed by atoms with Gasteiger partial charge in [0.15, 0.2) is 0 Å². The maximum absolute atomic E-state index is 12.1. The molecule has 1 saturated carbocycles. The predicted molar refractivity (Wildman–Crippen MR) is 72.9 cm³/mol. The van der Waals surface area contributed by atoms with Crippen LogP contribution in [0.5, 0.6) is 0 Å². The van der Waals surface area contributed by atoms with Gasteiger partial charge in [0.1, 0.15) is 0 Å². The zero-order valence-corrected chi connectivity index (χ0v) is 12.5. The smallest absolute Gasteiger partial charge is 0.307 e. The Morgan fingerprint density at radius 3 is 2.35 bits per heavy atom. The number of nitrogens with one attached hydrogen (secondary N) is 1. The number of aliphatic carboxylic acids is 1. The molecule has 1 aromatic rings. The van der Waals surface area contributed by atoms with Crippen molar-refractivity contribution in [1.82, 2.24) is 15.1 Å². The van der Waals surface area contributed by atoms with E-state index in [2.05, 4.69) is 10.4 Å². The van der Waals surface area contributed by atoms with Gasteiger partial charge in [0.25, 0.3) is 0 Å². The highest BCUT2D eigenvalue weighted by molar-refractivity contribution is 5.91. The summed E-state index contributed by atoms with van der Waals surface area (Å²) in [5, 5.41) is 16.2. The molecule has 110 valence electrons. The minimum Gasteiger partial charge on any atom is -0.481 e. The zero-order valence-electron chi connectivity index (χ0n) is 12.5. The van der Waals surface area contributed by atoms with Gasteiger partial charge < -0.3 is 10.4 Å². The largest absolute Gasteiger partial charge is 0.481 e. The van der Waals surface area contributed by atoms with E-state index < -0.39 is 23.2 Å². The van der Waals surface area contributed by atoms with E-state index in [0.29, 0.717) is 6.54 Å². The number of hydrogen-bond donors (Lipinski definition) is 2. The average Bonchev–Trinajstić information content (AvgIpc) is 2.83. The van der Waals surface area contributed by atoms with Crippen LogP contribution in [0.1, 0.15) is 30.8 Å². The van der Waals surface area contributed by atoms with Gasteiger partial charge in [-0.15, -0.1) is 0 Å². The molecular weight excluding hydrogens is 258 g/mol. The molecule has 0 aliphatic heterocycles. The van der Waals surface area contributed by atoms with Crippen LogP contribution in [0.25, 0.3) is 0 Å². The van der Waals surface area contributed by atoms with E-state index in [-0.39, 0.29) is 5.91 Å². The molecule has 2 N–H and O–H groups in total. The normalized spacial score (nSPS) is 23.4. The Morgan fingerprint density at radius 1 is 1.35 bits per heavy atom. The first kappa shape index (κ1) is 14.6. The van der Waals surface area contributed by atoms with Gasteiger partial charge in [-0.2, -0.15) is 5.10 Å². The topological polar surface area (TPSA) is 84.2 Å². The lowest BCUT2D eigenvalue weighted by Gasteiger charge is -2.06. The van der Waals surface area contributed by atoms with E-state index in [4.69, 9.17) is 5.11 Å². The molecule has 1 aliphatic carbocycles. The fourth-order valence-electron chi connectivity index (χ4n) is 2.95. The summed E-state index contributed by atoms with van der Waals surface area (Å²) >= 11 is 0. The van der Waals surface area contributed by atoms with Crippen molar-refractivity contribution in [2.24, 2.45) is 24.3 Å². The second kappa shape index (κ2) is 4.61. The molecule has 1 fully saturated rings. The molecule has 6 nitrogen and oxygen atoms in total. The lowest BCUT2D eigenvalue weighted by atomic mass is 10.1. The molecule has 1 amide bonds. The van der Waals surface area contributed by atoms with Crippen LogP contribution >= 0.6 is 0 Å². The SMILES string of the molecule is Cc1nn(C)c(C)c1CNC(=O)[C@H]1[C@H](C(=O)O)C1(C)C. The van der Waals surface area contributed by atoms with Crippen LogP contribution in [0.4, 0.5) is 0 Å². The van der Waals surface area contributed by atoms with Gasteiger partial charge in [-0.25, -0.2) is 0 Å². The molecule has 1 aromatic heterocycles. The highest BCUT2D eigenvalue weighted by atomic mass is 16.4. The summed E-state index contributed by atoms with van der Waals surface area (Å²) in [4.78, 5) is 23.2. The highest BCUT2D eigenvalue weighted by Gasteiger charge is 2.65. The summed E-state index contributed by atoms with van der Waals surface area (Å²) in [5.74, 6) is -2.12. The van der Waals surface area contributed by atoms with Crippen molar-refractivity contribution in [3.63, 3.8) is 0 Å². The summed E-state index contributed by atoms with van der Waals surface area (Å²) in [6.45, 7) is 7.87. The molecular formula is C14H21N3O3. The Hall–Kier alpha value is -1.85. The zero-order chi connectivity index (χ0) is 15.2. The molecule has 2 rings (SSSR count). The summed E-state index contributed by atoms with van der Waals surface area (Å²) in [6.07, 6.45) is 0. The van der Waals surface area contributed by atoms with Gasteiger partial charge in [-0.3, -0.25) is 14.3 Å². The first-order valence-electron chi connectivity index (χ1n) is 6.67. The molecule has 0 spiro atoms. The number of rotatable bonds is 4. The first-order chi connectivity index (χ1) is 9.17. The van der Waals surface area contributed by atoms with Gasteiger partial charge in [0, 0.05) is 24.8 Å². The van der Waals surface area contributed by atoms with Crippen LogP contribution in [0.15, 0.2) is 0 Å². The molecule has 0 unspecified atom stereocenters. The van der Waals surface area contributed by atoms with Gasteiger partial charge in [-0.1, -0.05) is 13.8 Å². The molecule has 6 heteroatoms. The Bertz CT molecular complexity index is 574. The molecule has 2 atom stereocenters. The van der Waals surface area contributed by atoms with E-state index in [1.165, 1.54) is 0 Å². The molecule has 0 radical (unpaired) electrons. The van der Waals surface area contributed by atoms with E-state index in [1.807, 2.05) is 34.7 Å². The molecule has 0 saturated heterocycles.